The van der Waals surface area contributed by atoms with Crippen molar-refractivity contribution < 1.29 is 9.53 Å². The zero-order valence-corrected chi connectivity index (χ0v) is 11.4. The molecule has 0 aliphatic carbocycles. The molecule has 1 unspecified atom stereocenters. The summed E-state index contributed by atoms with van der Waals surface area (Å²) < 4.78 is 5.48. The molecule has 1 aromatic carbocycles. The topological polar surface area (TPSA) is 32.8 Å². The van der Waals surface area contributed by atoms with Gasteiger partial charge in [0.2, 0.25) is 5.91 Å². The second-order valence-electron chi connectivity index (χ2n) is 4.89. The maximum Gasteiger partial charge on any atom is 0.227 e. The van der Waals surface area contributed by atoms with Crippen LogP contribution in [0.4, 0.5) is 5.69 Å². The Bertz CT molecular complexity index is 457. The van der Waals surface area contributed by atoms with Gasteiger partial charge < -0.3 is 9.64 Å². The van der Waals surface area contributed by atoms with E-state index in [4.69, 9.17) is 4.74 Å². The van der Waals surface area contributed by atoms with Crippen LogP contribution in [-0.2, 0) is 16.0 Å². The third-order valence-electron chi connectivity index (χ3n) is 3.42. The standard InChI is InChI=1S/C14H20N2O2/c1-15(2)14(18-4)11-5-7-12-10(9-11)6-8-13(17)16(12)3/h5,7,9,14H,6,8H2,1-4H3. The Labute approximate surface area is 108 Å². The van der Waals surface area contributed by atoms with Gasteiger partial charge in [0.1, 0.15) is 6.23 Å². The average Bonchev–Trinajstić information content (AvgIpc) is 2.34. The molecule has 0 fully saturated rings. The van der Waals surface area contributed by atoms with Gasteiger partial charge in [0.05, 0.1) is 0 Å². The van der Waals surface area contributed by atoms with Gasteiger partial charge in [-0.05, 0) is 43.8 Å². The van der Waals surface area contributed by atoms with Crippen LogP contribution < -0.4 is 4.90 Å². The number of hydrogen-bond donors (Lipinski definition) is 0. The van der Waals surface area contributed by atoms with E-state index in [0.29, 0.717) is 6.42 Å². The van der Waals surface area contributed by atoms with Gasteiger partial charge in [0.15, 0.2) is 0 Å². The van der Waals surface area contributed by atoms with Gasteiger partial charge in [0.25, 0.3) is 0 Å². The van der Waals surface area contributed by atoms with E-state index in [0.717, 1.165) is 17.7 Å². The fourth-order valence-corrected chi connectivity index (χ4v) is 2.48. The lowest BCUT2D eigenvalue weighted by Crippen LogP contribution is -2.31. The van der Waals surface area contributed by atoms with E-state index < -0.39 is 0 Å². The van der Waals surface area contributed by atoms with Crippen molar-refractivity contribution in [2.24, 2.45) is 0 Å². The molecule has 1 atom stereocenters. The molecule has 18 heavy (non-hydrogen) atoms. The van der Waals surface area contributed by atoms with Crippen molar-refractivity contribution in [2.45, 2.75) is 19.1 Å². The van der Waals surface area contributed by atoms with Crippen molar-refractivity contribution in [2.75, 3.05) is 33.2 Å². The number of carbonyl (C=O) groups excluding carboxylic acids is 1. The fraction of sp³-hybridized carbons (Fsp3) is 0.500. The molecule has 0 bridgehead atoms. The Balaban J connectivity index is 2.36. The van der Waals surface area contributed by atoms with Crippen LogP contribution in [0.25, 0.3) is 0 Å². The van der Waals surface area contributed by atoms with Crippen LogP contribution in [0, 0.1) is 0 Å². The van der Waals surface area contributed by atoms with E-state index in [-0.39, 0.29) is 12.1 Å². The van der Waals surface area contributed by atoms with Gasteiger partial charge >= 0.3 is 0 Å². The lowest BCUT2D eigenvalue weighted by atomic mass is 9.98. The molecule has 0 radical (unpaired) electrons. The highest BCUT2D eigenvalue weighted by atomic mass is 16.5. The van der Waals surface area contributed by atoms with E-state index in [1.165, 1.54) is 5.56 Å². The summed E-state index contributed by atoms with van der Waals surface area (Å²) in [5.74, 6) is 0.186. The third kappa shape index (κ3) is 2.26. The maximum atomic E-state index is 11.6. The molecule has 98 valence electrons. The highest BCUT2D eigenvalue weighted by Gasteiger charge is 2.22. The molecule has 4 heteroatoms. The number of rotatable bonds is 3. The second kappa shape index (κ2) is 5.08. The molecule has 1 aromatic rings. The smallest absolute Gasteiger partial charge is 0.227 e. The minimum atomic E-state index is -0.0433. The summed E-state index contributed by atoms with van der Waals surface area (Å²) in [4.78, 5) is 15.4. The normalized spacial score (nSPS) is 16.9. The Morgan fingerprint density at radius 2 is 2.06 bits per heavy atom. The first-order valence-corrected chi connectivity index (χ1v) is 6.13. The molecule has 2 rings (SSSR count). The van der Waals surface area contributed by atoms with Crippen molar-refractivity contribution in [1.82, 2.24) is 4.90 Å². The van der Waals surface area contributed by atoms with Crippen molar-refractivity contribution in [3.05, 3.63) is 29.3 Å². The summed E-state index contributed by atoms with van der Waals surface area (Å²) in [5, 5.41) is 0. The van der Waals surface area contributed by atoms with E-state index in [9.17, 15) is 4.79 Å². The van der Waals surface area contributed by atoms with Crippen LogP contribution in [0.15, 0.2) is 18.2 Å². The summed E-state index contributed by atoms with van der Waals surface area (Å²) in [5.41, 5.74) is 3.37. The van der Waals surface area contributed by atoms with Crippen LogP contribution in [0.3, 0.4) is 0 Å². The van der Waals surface area contributed by atoms with Gasteiger partial charge in [-0.2, -0.15) is 0 Å². The lowest BCUT2D eigenvalue weighted by molar-refractivity contribution is -0.118. The van der Waals surface area contributed by atoms with E-state index >= 15 is 0 Å². The number of carbonyl (C=O) groups is 1. The molecule has 1 aliphatic rings. The second-order valence-corrected chi connectivity index (χ2v) is 4.89. The number of hydrogen-bond acceptors (Lipinski definition) is 3. The Morgan fingerprint density at radius 3 is 2.67 bits per heavy atom. The Kier molecular flexibility index (Phi) is 3.68. The molecular formula is C14H20N2O2. The summed E-state index contributed by atoms with van der Waals surface area (Å²) in [6, 6.07) is 6.19. The number of fused-ring (bicyclic) bond motifs is 1. The highest BCUT2D eigenvalue weighted by Crippen LogP contribution is 2.30. The first-order valence-electron chi connectivity index (χ1n) is 6.13. The highest BCUT2D eigenvalue weighted by molar-refractivity contribution is 5.95. The zero-order valence-electron chi connectivity index (χ0n) is 11.4. The molecule has 0 saturated carbocycles. The summed E-state index contributed by atoms with van der Waals surface area (Å²) in [6.07, 6.45) is 1.36. The number of aryl methyl sites for hydroxylation is 1. The number of benzene rings is 1. The van der Waals surface area contributed by atoms with Crippen LogP contribution in [0.1, 0.15) is 23.8 Å². The van der Waals surface area contributed by atoms with Gasteiger partial charge in [0, 0.05) is 26.3 Å². The van der Waals surface area contributed by atoms with Crippen molar-refractivity contribution in [1.29, 1.82) is 0 Å². The predicted octanol–water partition coefficient (Wildman–Crippen LogP) is 1.80. The zero-order chi connectivity index (χ0) is 13.3. The van der Waals surface area contributed by atoms with Crippen LogP contribution in [0.5, 0.6) is 0 Å². The van der Waals surface area contributed by atoms with Crippen LogP contribution in [-0.4, -0.2) is 39.1 Å². The first-order chi connectivity index (χ1) is 8.54. The minimum absolute atomic E-state index is 0.0433. The summed E-state index contributed by atoms with van der Waals surface area (Å²) >= 11 is 0. The maximum absolute atomic E-state index is 11.6. The first kappa shape index (κ1) is 13.1. The largest absolute Gasteiger partial charge is 0.362 e. The predicted molar refractivity (Wildman–Crippen MR) is 71.6 cm³/mol. The van der Waals surface area contributed by atoms with Crippen LogP contribution in [0.2, 0.25) is 0 Å². The van der Waals surface area contributed by atoms with Crippen molar-refractivity contribution in [3.63, 3.8) is 0 Å². The molecule has 1 heterocycles. The third-order valence-corrected chi connectivity index (χ3v) is 3.42. The number of ether oxygens (including phenoxy) is 1. The molecular weight excluding hydrogens is 228 g/mol. The van der Waals surface area contributed by atoms with Crippen molar-refractivity contribution in [3.8, 4) is 0 Å². The number of anilines is 1. The average molecular weight is 248 g/mol. The molecule has 0 saturated heterocycles. The molecule has 0 spiro atoms. The lowest BCUT2D eigenvalue weighted by Gasteiger charge is -2.28. The van der Waals surface area contributed by atoms with E-state index in [1.807, 2.05) is 38.2 Å². The Hall–Kier alpha value is -1.39. The molecule has 1 amide bonds. The summed E-state index contributed by atoms with van der Waals surface area (Å²) in [7, 11) is 7.52. The Morgan fingerprint density at radius 1 is 1.33 bits per heavy atom. The monoisotopic (exact) mass is 248 g/mol. The molecule has 1 aliphatic heterocycles. The van der Waals surface area contributed by atoms with Gasteiger partial charge in [-0.3, -0.25) is 9.69 Å². The van der Waals surface area contributed by atoms with E-state index in [1.54, 1.807) is 12.0 Å². The van der Waals surface area contributed by atoms with Gasteiger partial charge in [-0.1, -0.05) is 6.07 Å². The number of nitrogens with zero attached hydrogens (tertiary/aromatic N) is 2. The summed E-state index contributed by atoms with van der Waals surface area (Å²) in [6.45, 7) is 0. The molecule has 4 nitrogen and oxygen atoms in total. The number of methoxy groups -OCH3 is 1. The van der Waals surface area contributed by atoms with Crippen molar-refractivity contribution >= 4 is 11.6 Å². The number of amides is 1. The van der Waals surface area contributed by atoms with Gasteiger partial charge in [-0.15, -0.1) is 0 Å². The van der Waals surface area contributed by atoms with Gasteiger partial charge in [-0.25, -0.2) is 0 Å². The SMILES string of the molecule is COC(c1ccc2c(c1)CCC(=O)N2C)N(C)C. The minimum Gasteiger partial charge on any atom is -0.362 e. The fourth-order valence-electron chi connectivity index (χ4n) is 2.48. The van der Waals surface area contributed by atoms with Crippen LogP contribution >= 0.6 is 0 Å². The quantitative estimate of drug-likeness (QED) is 0.765. The molecule has 0 aromatic heterocycles. The van der Waals surface area contributed by atoms with E-state index in [2.05, 4.69) is 6.07 Å². The molecule has 0 N–H and O–H groups in total.